The Morgan fingerprint density at radius 1 is 1.73 bits per heavy atom. The summed E-state index contributed by atoms with van der Waals surface area (Å²) in [6, 6.07) is -0.622. The van der Waals surface area contributed by atoms with E-state index in [1.807, 2.05) is 6.92 Å². The molecule has 0 radical (unpaired) electrons. The highest BCUT2D eigenvalue weighted by Crippen LogP contribution is 2.19. The molecule has 0 spiro atoms. The molecule has 0 aliphatic carbocycles. The molecule has 5 nitrogen and oxygen atoms in total. The standard InChI is InChI=1S/C10H19NO4/c1-7-8(3-4-15-7)5-11-9(6-14-2)10(12)13/h7-9,11H,3-6H2,1-2H3,(H,12,13). The monoisotopic (exact) mass is 217 g/mol. The van der Waals surface area contributed by atoms with Crippen molar-refractivity contribution in [3.05, 3.63) is 0 Å². The molecule has 15 heavy (non-hydrogen) atoms. The van der Waals surface area contributed by atoms with Crippen LogP contribution in [0, 0.1) is 5.92 Å². The van der Waals surface area contributed by atoms with Gasteiger partial charge in [0.2, 0.25) is 0 Å². The zero-order chi connectivity index (χ0) is 11.3. The van der Waals surface area contributed by atoms with Gasteiger partial charge in [0.05, 0.1) is 12.7 Å². The maximum absolute atomic E-state index is 10.8. The van der Waals surface area contributed by atoms with Gasteiger partial charge in [0.15, 0.2) is 0 Å². The van der Waals surface area contributed by atoms with Crippen molar-refractivity contribution in [2.24, 2.45) is 5.92 Å². The molecular formula is C10H19NO4. The minimum Gasteiger partial charge on any atom is -0.480 e. The topological polar surface area (TPSA) is 67.8 Å². The Kier molecular flexibility index (Phi) is 5.01. The first kappa shape index (κ1) is 12.4. The van der Waals surface area contributed by atoms with Crippen molar-refractivity contribution in [2.75, 3.05) is 26.9 Å². The number of carbonyl (C=O) groups is 1. The van der Waals surface area contributed by atoms with Crippen LogP contribution in [0.4, 0.5) is 0 Å². The Morgan fingerprint density at radius 3 is 2.93 bits per heavy atom. The summed E-state index contributed by atoms with van der Waals surface area (Å²) in [6.07, 6.45) is 1.21. The normalized spacial score (nSPS) is 27.9. The van der Waals surface area contributed by atoms with Crippen LogP contribution in [-0.2, 0) is 14.3 Å². The minimum absolute atomic E-state index is 0.192. The van der Waals surface area contributed by atoms with Crippen LogP contribution in [0.1, 0.15) is 13.3 Å². The summed E-state index contributed by atoms with van der Waals surface area (Å²) in [4.78, 5) is 10.8. The molecule has 2 N–H and O–H groups in total. The molecule has 1 aliphatic rings. The maximum atomic E-state index is 10.8. The number of hydrogen-bond acceptors (Lipinski definition) is 4. The number of nitrogens with one attached hydrogen (secondary N) is 1. The van der Waals surface area contributed by atoms with Crippen LogP contribution in [0.2, 0.25) is 0 Å². The lowest BCUT2D eigenvalue weighted by Gasteiger charge is -2.18. The van der Waals surface area contributed by atoms with Crippen molar-refractivity contribution in [3.8, 4) is 0 Å². The molecule has 1 rings (SSSR count). The molecule has 88 valence electrons. The van der Waals surface area contributed by atoms with Gasteiger partial charge in [-0.1, -0.05) is 0 Å². The van der Waals surface area contributed by atoms with Gasteiger partial charge in [-0.25, -0.2) is 0 Å². The molecule has 1 heterocycles. The number of ether oxygens (including phenoxy) is 2. The predicted molar refractivity (Wildman–Crippen MR) is 54.8 cm³/mol. The van der Waals surface area contributed by atoms with Gasteiger partial charge in [-0.3, -0.25) is 4.79 Å². The number of carboxylic acid groups (broad SMARTS) is 1. The molecule has 0 aromatic rings. The zero-order valence-corrected chi connectivity index (χ0v) is 9.23. The van der Waals surface area contributed by atoms with Gasteiger partial charge >= 0.3 is 5.97 Å². The van der Waals surface area contributed by atoms with Gasteiger partial charge < -0.3 is 19.9 Å². The summed E-state index contributed by atoms with van der Waals surface area (Å²) in [5.74, 6) is -0.466. The van der Waals surface area contributed by atoms with E-state index < -0.39 is 12.0 Å². The van der Waals surface area contributed by atoms with Crippen molar-refractivity contribution in [1.29, 1.82) is 0 Å². The van der Waals surface area contributed by atoms with Crippen molar-refractivity contribution in [2.45, 2.75) is 25.5 Å². The van der Waals surface area contributed by atoms with E-state index in [4.69, 9.17) is 14.6 Å². The summed E-state index contributed by atoms with van der Waals surface area (Å²) in [5, 5.41) is 11.9. The summed E-state index contributed by atoms with van der Waals surface area (Å²) in [5.41, 5.74) is 0. The van der Waals surface area contributed by atoms with E-state index in [1.165, 1.54) is 7.11 Å². The number of methoxy groups -OCH3 is 1. The largest absolute Gasteiger partial charge is 0.480 e. The van der Waals surface area contributed by atoms with E-state index in [0.29, 0.717) is 12.5 Å². The van der Waals surface area contributed by atoms with Crippen LogP contribution in [0.15, 0.2) is 0 Å². The molecule has 0 aromatic heterocycles. The Hall–Kier alpha value is -0.650. The van der Waals surface area contributed by atoms with Crippen molar-refractivity contribution in [1.82, 2.24) is 5.32 Å². The lowest BCUT2D eigenvalue weighted by Crippen LogP contribution is -2.43. The molecule has 1 saturated heterocycles. The van der Waals surface area contributed by atoms with Crippen LogP contribution in [-0.4, -0.2) is 50.1 Å². The van der Waals surface area contributed by atoms with Crippen LogP contribution in [0.3, 0.4) is 0 Å². The average molecular weight is 217 g/mol. The number of carboxylic acids is 1. The number of hydrogen-bond donors (Lipinski definition) is 2. The summed E-state index contributed by atoms with van der Waals surface area (Å²) < 4.78 is 10.2. The van der Waals surface area contributed by atoms with Crippen LogP contribution >= 0.6 is 0 Å². The predicted octanol–water partition coefficient (Wildman–Crippen LogP) is 0.101. The Labute approximate surface area is 89.8 Å². The first-order valence-electron chi connectivity index (χ1n) is 5.22. The fourth-order valence-electron chi connectivity index (χ4n) is 1.72. The molecule has 5 heteroatoms. The fraction of sp³-hybridized carbons (Fsp3) is 0.900. The second-order valence-electron chi connectivity index (χ2n) is 3.88. The molecule has 0 saturated carbocycles. The van der Waals surface area contributed by atoms with Gasteiger partial charge in [0.1, 0.15) is 6.04 Å². The van der Waals surface area contributed by atoms with Crippen LogP contribution in [0.5, 0.6) is 0 Å². The molecule has 1 aliphatic heterocycles. The van der Waals surface area contributed by atoms with Crippen molar-refractivity contribution >= 4 is 5.97 Å². The Balaban J connectivity index is 2.29. The van der Waals surface area contributed by atoms with Gasteiger partial charge in [0.25, 0.3) is 0 Å². The van der Waals surface area contributed by atoms with Crippen LogP contribution in [0.25, 0.3) is 0 Å². The van der Waals surface area contributed by atoms with E-state index in [-0.39, 0.29) is 12.7 Å². The van der Waals surface area contributed by atoms with Gasteiger partial charge in [-0.05, 0) is 19.3 Å². The smallest absolute Gasteiger partial charge is 0.323 e. The summed E-state index contributed by atoms with van der Waals surface area (Å²) in [7, 11) is 1.50. The molecule has 1 fully saturated rings. The van der Waals surface area contributed by atoms with E-state index in [9.17, 15) is 4.79 Å². The Bertz CT molecular complexity index is 210. The van der Waals surface area contributed by atoms with Crippen molar-refractivity contribution in [3.63, 3.8) is 0 Å². The summed E-state index contributed by atoms with van der Waals surface area (Å²) in [6.45, 7) is 3.65. The van der Waals surface area contributed by atoms with E-state index in [0.717, 1.165) is 13.0 Å². The first-order chi connectivity index (χ1) is 7.15. The lowest BCUT2D eigenvalue weighted by molar-refractivity contribution is -0.140. The molecule has 3 unspecified atom stereocenters. The third-order valence-electron chi connectivity index (χ3n) is 2.79. The average Bonchev–Trinajstić information content (AvgIpc) is 2.58. The molecular weight excluding hydrogens is 198 g/mol. The fourth-order valence-corrected chi connectivity index (χ4v) is 1.72. The highest BCUT2D eigenvalue weighted by molar-refractivity contribution is 5.73. The van der Waals surface area contributed by atoms with E-state index >= 15 is 0 Å². The maximum Gasteiger partial charge on any atom is 0.323 e. The highest BCUT2D eigenvalue weighted by atomic mass is 16.5. The molecule has 0 aromatic carbocycles. The SMILES string of the molecule is COCC(NCC1CCOC1C)C(=O)O. The van der Waals surface area contributed by atoms with E-state index in [1.54, 1.807) is 0 Å². The summed E-state index contributed by atoms with van der Waals surface area (Å²) >= 11 is 0. The third-order valence-corrected chi connectivity index (χ3v) is 2.79. The quantitative estimate of drug-likeness (QED) is 0.660. The lowest BCUT2D eigenvalue weighted by atomic mass is 10.0. The second-order valence-corrected chi connectivity index (χ2v) is 3.88. The first-order valence-corrected chi connectivity index (χ1v) is 5.22. The second kappa shape index (κ2) is 6.05. The third kappa shape index (κ3) is 3.77. The molecule has 0 amide bonds. The number of aliphatic carboxylic acids is 1. The van der Waals surface area contributed by atoms with Gasteiger partial charge in [-0.2, -0.15) is 0 Å². The Morgan fingerprint density at radius 2 is 2.47 bits per heavy atom. The number of rotatable bonds is 6. The molecule has 0 bridgehead atoms. The highest BCUT2D eigenvalue weighted by Gasteiger charge is 2.26. The minimum atomic E-state index is -0.872. The zero-order valence-electron chi connectivity index (χ0n) is 9.23. The van der Waals surface area contributed by atoms with Gasteiger partial charge in [0, 0.05) is 20.3 Å². The molecule has 3 atom stereocenters. The van der Waals surface area contributed by atoms with Gasteiger partial charge in [-0.15, -0.1) is 0 Å². The van der Waals surface area contributed by atoms with Crippen molar-refractivity contribution < 1.29 is 19.4 Å². The van der Waals surface area contributed by atoms with E-state index in [2.05, 4.69) is 5.32 Å². The van der Waals surface area contributed by atoms with Crippen LogP contribution < -0.4 is 5.32 Å².